The summed E-state index contributed by atoms with van der Waals surface area (Å²) in [6.07, 6.45) is 0. The van der Waals surface area contributed by atoms with Crippen molar-refractivity contribution in [2.24, 2.45) is 0 Å². The average molecular weight is 429 g/mol. The van der Waals surface area contributed by atoms with Crippen molar-refractivity contribution in [1.29, 1.82) is 0 Å². The second kappa shape index (κ2) is 8.98. The van der Waals surface area contributed by atoms with Crippen LogP contribution in [0.25, 0.3) is 5.76 Å². The summed E-state index contributed by atoms with van der Waals surface area (Å²) >= 11 is 0. The van der Waals surface area contributed by atoms with Gasteiger partial charge in [-0.25, -0.2) is 0 Å². The smallest absolute Gasteiger partial charge is 0.300 e. The number of hydrogen-bond acceptors (Lipinski definition) is 5. The van der Waals surface area contributed by atoms with Gasteiger partial charge in [-0.1, -0.05) is 42.5 Å². The molecule has 0 bridgehead atoms. The minimum Gasteiger partial charge on any atom is -0.507 e. The van der Waals surface area contributed by atoms with Crippen LogP contribution < -0.4 is 14.4 Å². The number of methoxy groups -OCH3 is 1. The Kier molecular flexibility index (Phi) is 5.94. The fraction of sp³-hybridized carbons (Fsp3) is 0.154. The lowest BCUT2D eigenvalue weighted by Gasteiger charge is -2.25. The third-order valence-electron chi connectivity index (χ3n) is 5.33. The highest BCUT2D eigenvalue weighted by Crippen LogP contribution is 2.42. The quantitative estimate of drug-likeness (QED) is 0.349. The Morgan fingerprint density at radius 3 is 2.31 bits per heavy atom. The molecule has 1 unspecified atom stereocenters. The van der Waals surface area contributed by atoms with E-state index in [1.807, 2.05) is 13.0 Å². The Labute approximate surface area is 186 Å². The lowest BCUT2D eigenvalue weighted by atomic mass is 9.95. The van der Waals surface area contributed by atoms with E-state index in [9.17, 15) is 14.7 Å². The molecule has 162 valence electrons. The Morgan fingerprint density at radius 1 is 0.938 bits per heavy atom. The lowest BCUT2D eigenvalue weighted by Crippen LogP contribution is -2.29. The van der Waals surface area contributed by atoms with Crippen molar-refractivity contribution in [3.8, 4) is 11.5 Å². The minimum absolute atomic E-state index is 0.0256. The topological polar surface area (TPSA) is 76.1 Å². The van der Waals surface area contributed by atoms with Crippen LogP contribution in [-0.4, -0.2) is 30.5 Å². The number of nitrogens with zero attached hydrogens (tertiary/aromatic N) is 1. The highest BCUT2D eigenvalue weighted by molar-refractivity contribution is 6.51. The van der Waals surface area contributed by atoms with Crippen molar-refractivity contribution in [1.82, 2.24) is 0 Å². The standard InChI is InChI=1S/C26H23NO5/c1-3-32-21-11-7-8-18(16-21)24(28)22-23(17-12-14-20(31-2)15-13-17)27(26(30)25(22)29)19-9-5-4-6-10-19/h4-16,23,28H,3H2,1-2H3/b24-22-. The predicted octanol–water partition coefficient (Wildman–Crippen LogP) is 4.72. The second-order valence-corrected chi connectivity index (χ2v) is 7.24. The van der Waals surface area contributed by atoms with E-state index in [1.54, 1.807) is 79.9 Å². The Balaban J connectivity index is 1.90. The maximum Gasteiger partial charge on any atom is 0.300 e. The molecule has 6 heteroatoms. The second-order valence-electron chi connectivity index (χ2n) is 7.24. The number of anilines is 1. The number of rotatable bonds is 6. The first kappa shape index (κ1) is 21.2. The van der Waals surface area contributed by atoms with Crippen LogP contribution in [0.15, 0.2) is 84.4 Å². The van der Waals surface area contributed by atoms with Crippen LogP contribution in [0.1, 0.15) is 24.1 Å². The number of amides is 1. The van der Waals surface area contributed by atoms with Gasteiger partial charge in [0.05, 0.1) is 25.3 Å². The van der Waals surface area contributed by atoms with E-state index in [0.29, 0.717) is 34.9 Å². The van der Waals surface area contributed by atoms with Crippen LogP contribution in [0.3, 0.4) is 0 Å². The van der Waals surface area contributed by atoms with E-state index in [-0.39, 0.29) is 11.3 Å². The maximum absolute atomic E-state index is 13.2. The number of carbonyl (C=O) groups excluding carboxylic acids is 2. The van der Waals surface area contributed by atoms with Gasteiger partial charge < -0.3 is 14.6 Å². The molecule has 0 spiro atoms. The molecule has 0 radical (unpaired) electrons. The zero-order chi connectivity index (χ0) is 22.7. The van der Waals surface area contributed by atoms with Crippen molar-refractivity contribution < 1.29 is 24.2 Å². The molecule has 6 nitrogen and oxygen atoms in total. The monoisotopic (exact) mass is 429 g/mol. The van der Waals surface area contributed by atoms with Crippen LogP contribution in [0.4, 0.5) is 5.69 Å². The molecule has 4 rings (SSSR count). The van der Waals surface area contributed by atoms with Crippen LogP contribution in [-0.2, 0) is 9.59 Å². The number of para-hydroxylation sites is 1. The van der Waals surface area contributed by atoms with E-state index in [1.165, 1.54) is 4.90 Å². The third-order valence-corrected chi connectivity index (χ3v) is 5.33. The van der Waals surface area contributed by atoms with E-state index in [2.05, 4.69) is 0 Å². The summed E-state index contributed by atoms with van der Waals surface area (Å²) in [5, 5.41) is 11.2. The number of carbonyl (C=O) groups is 2. The van der Waals surface area contributed by atoms with Gasteiger partial charge in [0.15, 0.2) is 0 Å². The van der Waals surface area contributed by atoms with Crippen LogP contribution in [0.2, 0.25) is 0 Å². The van der Waals surface area contributed by atoms with Crippen molar-refractivity contribution in [3.63, 3.8) is 0 Å². The summed E-state index contributed by atoms with van der Waals surface area (Å²) in [4.78, 5) is 27.7. The van der Waals surface area contributed by atoms with Crippen LogP contribution in [0, 0.1) is 0 Å². The van der Waals surface area contributed by atoms with E-state index >= 15 is 0 Å². The molecular formula is C26H23NO5. The summed E-state index contributed by atoms with van der Waals surface area (Å²) in [5.41, 5.74) is 1.67. The largest absolute Gasteiger partial charge is 0.507 e. The van der Waals surface area contributed by atoms with Gasteiger partial charge in [-0.15, -0.1) is 0 Å². The summed E-state index contributed by atoms with van der Waals surface area (Å²) in [6.45, 7) is 2.33. The highest BCUT2D eigenvalue weighted by atomic mass is 16.5. The van der Waals surface area contributed by atoms with Gasteiger partial charge >= 0.3 is 0 Å². The molecular weight excluding hydrogens is 406 g/mol. The average Bonchev–Trinajstić information content (AvgIpc) is 3.10. The van der Waals surface area contributed by atoms with Gasteiger partial charge in [-0.2, -0.15) is 0 Å². The van der Waals surface area contributed by atoms with Gasteiger partial charge in [-0.3, -0.25) is 14.5 Å². The van der Waals surface area contributed by atoms with Crippen LogP contribution >= 0.6 is 0 Å². The molecule has 1 atom stereocenters. The summed E-state index contributed by atoms with van der Waals surface area (Å²) in [7, 11) is 1.57. The molecule has 1 saturated heterocycles. The first-order valence-corrected chi connectivity index (χ1v) is 10.3. The number of aliphatic hydroxyl groups is 1. The van der Waals surface area contributed by atoms with Crippen molar-refractivity contribution in [3.05, 3.63) is 95.6 Å². The molecule has 3 aromatic carbocycles. The molecule has 1 heterocycles. The zero-order valence-electron chi connectivity index (χ0n) is 17.8. The van der Waals surface area contributed by atoms with Crippen molar-refractivity contribution >= 4 is 23.1 Å². The molecule has 1 fully saturated rings. The van der Waals surface area contributed by atoms with Crippen LogP contribution in [0.5, 0.6) is 11.5 Å². The van der Waals surface area contributed by atoms with E-state index in [4.69, 9.17) is 9.47 Å². The summed E-state index contributed by atoms with van der Waals surface area (Å²) < 4.78 is 10.8. The molecule has 1 aliphatic rings. The molecule has 3 aromatic rings. The Bertz CT molecular complexity index is 1170. The summed E-state index contributed by atoms with van der Waals surface area (Å²) in [6, 6.07) is 22.1. The zero-order valence-corrected chi connectivity index (χ0v) is 17.8. The van der Waals surface area contributed by atoms with Gasteiger partial charge in [0.1, 0.15) is 17.3 Å². The fourth-order valence-corrected chi connectivity index (χ4v) is 3.84. The molecule has 32 heavy (non-hydrogen) atoms. The molecule has 1 aliphatic heterocycles. The number of Topliss-reactive ketones (excluding diaryl/α,β-unsaturated/α-hetero) is 1. The fourth-order valence-electron chi connectivity index (χ4n) is 3.84. The van der Waals surface area contributed by atoms with Crippen molar-refractivity contribution in [2.45, 2.75) is 13.0 Å². The SMILES string of the molecule is CCOc1cccc(/C(O)=C2/C(=O)C(=O)N(c3ccccc3)C2c2ccc(OC)cc2)c1. The van der Waals surface area contributed by atoms with Crippen molar-refractivity contribution in [2.75, 3.05) is 18.6 Å². The normalized spacial score (nSPS) is 17.4. The number of benzene rings is 3. The number of ketones is 1. The molecule has 1 N–H and O–H groups in total. The van der Waals surface area contributed by atoms with Gasteiger partial charge in [0.2, 0.25) is 0 Å². The first-order chi connectivity index (χ1) is 15.5. The molecule has 0 aliphatic carbocycles. The highest BCUT2D eigenvalue weighted by Gasteiger charge is 2.46. The van der Waals surface area contributed by atoms with E-state index in [0.717, 1.165) is 0 Å². The Hall–Kier alpha value is -4.06. The summed E-state index contributed by atoms with van der Waals surface area (Å²) in [5.74, 6) is -0.470. The first-order valence-electron chi connectivity index (χ1n) is 10.3. The van der Waals surface area contributed by atoms with Gasteiger partial charge in [0, 0.05) is 11.3 Å². The lowest BCUT2D eigenvalue weighted by molar-refractivity contribution is -0.132. The number of ether oxygens (including phenoxy) is 2. The minimum atomic E-state index is -0.793. The third kappa shape index (κ3) is 3.83. The molecule has 0 aromatic heterocycles. The van der Waals surface area contributed by atoms with Gasteiger partial charge in [-0.05, 0) is 48.9 Å². The molecule has 0 saturated carbocycles. The van der Waals surface area contributed by atoms with Gasteiger partial charge in [0.25, 0.3) is 11.7 Å². The molecule has 1 amide bonds. The predicted molar refractivity (Wildman–Crippen MR) is 122 cm³/mol. The van der Waals surface area contributed by atoms with E-state index < -0.39 is 17.7 Å². The maximum atomic E-state index is 13.2. The number of hydrogen-bond donors (Lipinski definition) is 1. The number of aliphatic hydroxyl groups excluding tert-OH is 1. The Morgan fingerprint density at radius 2 is 1.66 bits per heavy atom.